The van der Waals surface area contributed by atoms with Crippen LogP contribution in [0.4, 0.5) is 0 Å². The van der Waals surface area contributed by atoms with Crippen LogP contribution in [0.1, 0.15) is 24.3 Å². The fraction of sp³-hybridized carbons (Fsp3) is 0.235. The molecule has 0 radical (unpaired) electrons. The maximum atomic E-state index is 12.3. The van der Waals surface area contributed by atoms with Crippen molar-refractivity contribution < 1.29 is 9.21 Å². The number of hydrogen-bond donors (Lipinski definition) is 1. The molecule has 9 heteroatoms. The van der Waals surface area contributed by atoms with Crippen molar-refractivity contribution in [2.45, 2.75) is 24.7 Å². The summed E-state index contributed by atoms with van der Waals surface area (Å²) in [6.45, 7) is 2.39. The number of benzene rings is 1. The van der Waals surface area contributed by atoms with Crippen LogP contribution in [0.15, 0.2) is 52.5 Å². The minimum Gasteiger partial charge on any atom is -0.467 e. The highest BCUT2D eigenvalue weighted by Gasteiger charge is 2.15. The van der Waals surface area contributed by atoms with Gasteiger partial charge in [0.25, 0.3) is 0 Å². The summed E-state index contributed by atoms with van der Waals surface area (Å²) < 4.78 is 7.15. The minimum atomic E-state index is -0.228. The van der Waals surface area contributed by atoms with Crippen LogP contribution in [0.2, 0.25) is 10.0 Å². The molecule has 136 valence electrons. The van der Waals surface area contributed by atoms with Gasteiger partial charge in [0, 0.05) is 10.0 Å². The fourth-order valence-corrected chi connectivity index (χ4v) is 3.68. The van der Waals surface area contributed by atoms with Gasteiger partial charge in [-0.3, -0.25) is 4.79 Å². The van der Waals surface area contributed by atoms with Gasteiger partial charge in [-0.2, -0.15) is 0 Å². The number of thioether (sulfide) groups is 1. The van der Waals surface area contributed by atoms with E-state index in [1.165, 1.54) is 11.8 Å². The Morgan fingerprint density at radius 1 is 1.38 bits per heavy atom. The van der Waals surface area contributed by atoms with Crippen molar-refractivity contribution in [1.29, 1.82) is 0 Å². The second kappa shape index (κ2) is 8.62. The van der Waals surface area contributed by atoms with Gasteiger partial charge in [-0.25, -0.2) is 0 Å². The smallest absolute Gasteiger partial charge is 0.230 e. The number of carbonyl (C=O) groups excluding carboxylic acids is 1. The molecule has 6 nitrogen and oxygen atoms in total. The van der Waals surface area contributed by atoms with E-state index in [-0.39, 0.29) is 17.7 Å². The maximum absolute atomic E-state index is 12.3. The Balaban J connectivity index is 1.55. The zero-order valence-corrected chi connectivity index (χ0v) is 16.2. The molecular formula is C17H16Cl2N4O2S. The molecule has 26 heavy (non-hydrogen) atoms. The van der Waals surface area contributed by atoms with Crippen molar-refractivity contribution >= 4 is 40.9 Å². The molecule has 2 heterocycles. The van der Waals surface area contributed by atoms with Gasteiger partial charge in [-0.1, -0.05) is 41.0 Å². The Labute approximate surface area is 164 Å². The zero-order chi connectivity index (χ0) is 18.5. The van der Waals surface area contributed by atoms with E-state index in [9.17, 15) is 4.79 Å². The molecule has 3 rings (SSSR count). The predicted molar refractivity (Wildman–Crippen MR) is 102 cm³/mol. The highest BCUT2D eigenvalue weighted by Crippen LogP contribution is 2.26. The van der Waals surface area contributed by atoms with Crippen LogP contribution in [-0.2, 0) is 11.3 Å². The summed E-state index contributed by atoms with van der Waals surface area (Å²) in [6, 6.07) is 8.68. The molecule has 1 N–H and O–H groups in total. The quantitative estimate of drug-likeness (QED) is 0.590. The molecule has 1 unspecified atom stereocenters. The van der Waals surface area contributed by atoms with E-state index < -0.39 is 0 Å². The first-order chi connectivity index (χ1) is 12.5. The zero-order valence-electron chi connectivity index (χ0n) is 13.9. The SMILES string of the molecule is CC(NC(=O)CSc1nncn1Cc1ccco1)c1ccc(Cl)cc1Cl. The lowest BCUT2D eigenvalue weighted by molar-refractivity contribution is -0.119. The van der Waals surface area contributed by atoms with Crippen molar-refractivity contribution in [3.63, 3.8) is 0 Å². The highest BCUT2D eigenvalue weighted by atomic mass is 35.5. The number of carbonyl (C=O) groups is 1. The summed E-state index contributed by atoms with van der Waals surface area (Å²) in [5.41, 5.74) is 0.815. The van der Waals surface area contributed by atoms with Crippen LogP contribution >= 0.6 is 35.0 Å². The second-order valence-corrected chi connectivity index (χ2v) is 7.35. The van der Waals surface area contributed by atoms with E-state index in [1.807, 2.05) is 29.7 Å². The Bertz CT molecular complexity index is 883. The molecule has 3 aromatic rings. The molecule has 0 fully saturated rings. The summed E-state index contributed by atoms with van der Waals surface area (Å²) in [6.07, 6.45) is 3.22. The third-order valence-electron chi connectivity index (χ3n) is 3.63. The summed E-state index contributed by atoms with van der Waals surface area (Å²) in [5, 5.41) is 12.6. The molecule has 0 saturated heterocycles. The molecule has 1 atom stereocenters. The molecule has 0 aliphatic rings. The van der Waals surface area contributed by atoms with Crippen LogP contribution in [-0.4, -0.2) is 26.4 Å². The van der Waals surface area contributed by atoms with E-state index >= 15 is 0 Å². The standard InChI is InChI=1S/C17H16Cl2N4O2S/c1-11(14-5-4-12(18)7-15(14)19)21-16(24)9-26-17-22-20-10-23(17)8-13-3-2-6-25-13/h2-7,10-11H,8-9H2,1H3,(H,21,24). The number of nitrogens with zero attached hydrogens (tertiary/aromatic N) is 3. The average Bonchev–Trinajstić information content (AvgIpc) is 3.25. The molecule has 2 aromatic heterocycles. The van der Waals surface area contributed by atoms with Crippen molar-refractivity contribution in [3.05, 3.63) is 64.3 Å². The minimum absolute atomic E-state index is 0.124. The average molecular weight is 411 g/mol. The van der Waals surface area contributed by atoms with Crippen LogP contribution in [0.25, 0.3) is 0 Å². The van der Waals surface area contributed by atoms with Crippen LogP contribution in [0.3, 0.4) is 0 Å². The number of amides is 1. The second-order valence-electron chi connectivity index (χ2n) is 5.56. The Kier molecular flexibility index (Phi) is 6.24. The first-order valence-corrected chi connectivity index (χ1v) is 9.54. The maximum Gasteiger partial charge on any atom is 0.230 e. The van der Waals surface area contributed by atoms with Crippen LogP contribution in [0.5, 0.6) is 0 Å². The van der Waals surface area contributed by atoms with E-state index in [0.29, 0.717) is 21.7 Å². The van der Waals surface area contributed by atoms with Crippen molar-refractivity contribution in [2.75, 3.05) is 5.75 Å². The largest absolute Gasteiger partial charge is 0.467 e. The van der Waals surface area contributed by atoms with Gasteiger partial charge in [0.05, 0.1) is 24.6 Å². The van der Waals surface area contributed by atoms with Crippen LogP contribution in [0, 0.1) is 0 Å². The summed E-state index contributed by atoms with van der Waals surface area (Å²) in [5.74, 6) is 0.884. The number of nitrogens with one attached hydrogen (secondary N) is 1. The molecular weight excluding hydrogens is 395 g/mol. The first-order valence-electron chi connectivity index (χ1n) is 7.80. The fourth-order valence-electron chi connectivity index (χ4n) is 2.38. The van der Waals surface area contributed by atoms with Gasteiger partial charge in [0.1, 0.15) is 12.1 Å². The summed E-state index contributed by atoms with van der Waals surface area (Å²) in [7, 11) is 0. The van der Waals surface area contributed by atoms with Gasteiger partial charge in [-0.15, -0.1) is 10.2 Å². The van der Waals surface area contributed by atoms with Crippen molar-refractivity contribution in [1.82, 2.24) is 20.1 Å². The van der Waals surface area contributed by atoms with E-state index in [0.717, 1.165) is 11.3 Å². The lowest BCUT2D eigenvalue weighted by Gasteiger charge is -2.15. The number of furan rings is 1. The van der Waals surface area contributed by atoms with Gasteiger partial charge >= 0.3 is 0 Å². The highest BCUT2D eigenvalue weighted by molar-refractivity contribution is 7.99. The first kappa shape index (κ1) is 18.8. The van der Waals surface area contributed by atoms with Gasteiger partial charge in [0.15, 0.2) is 5.16 Å². The monoisotopic (exact) mass is 410 g/mol. The molecule has 1 amide bonds. The van der Waals surface area contributed by atoms with Gasteiger partial charge in [-0.05, 0) is 36.8 Å². The Morgan fingerprint density at radius 3 is 2.96 bits per heavy atom. The predicted octanol–water partition coefficient (Wildman–Crippen LogP) is 4.20. The molecule has 0 bridgehead atoms. The lowest BCUT2D eigenvalue weighted by Crippen LogP contribution is -2.28. The van der Waals surface area contributed by atoms with Gasteiger partial charge < -0.3 is 14.3 Å². The van der Waals surface area contributed by atoms with Crippen LogP contribution < -0.4 is 5.32 Å². The van der Waals surface area contributed by atoms with Crippen molar-refractivity contribution in [3.8, 4) is 0 Å². The van der Waals surface area contributed by atoms with Crippen molar-refractivity contribution in [2.24, 2.45) is 0 Å². The number of hydrogen-bond acceptors (Lipinski definition) is 5. The Hall–Kier alpha value is -1.96. The molecule has 1 aromatic carbocycles. The molecule has 0 saturated carbocycles. The normalized spacial score (nSPS) is 12.1. The topological polar surface area (TPSA) is 73.0 Å². The van der Waals surface area contributed by atoms with E-state index in [4.69, 9.17) is 27.6 Å². The molecule has 0 aliphatic heterocycles. The number of halogens is 2. The lowest BCUT2D eigenvalue weighted by atomic mass is 10.1. The Morgan fingerprint density at radius 2 is 2.23 bits per heavy atom. The summed E-state index contributed by atoms with van der Waals surface area (Å²) >= 11 is 13.4. The molecule has 0 aliphatic carbocycles. The molecule has 0 spiro atoms. The third-order valence-corrected chi connectivity index (χ3v) is 5.17. The van der Waals surface area contributed by atoms with E-state index in [2.05, 4.69) is 15.5 Å². The summed E-state index contributed by atoms with van der Waals surface area (Å²) in [4.78, 5) is 12.3. The van der Waals surface area contributed by atoms with Gasteiger partial charge in [0.2, 0.25) is 5.91 Å². The number of aromatic nitrogens is 3. The van der Waals surface area contributed by atoms with E-state index in [1.54, 1.807) is 24.7 Å². The number of rotatable bonds is 7. The third kappa shape index (κ3) is 4.81.